The highest BCUT2D eigenvalue weighted by molar-refractivity contribution is 9.10. The summed E-state index contributed by atoms with van der Waals surface area (Å²) in [5, 5.41) is 3.28. The van der Waals surface area contributed by atoms with Crippen LogP contribution in [-0.4, -0.2) is 24.0 Å². The predicted molar refractivity (Wildman–Crippen MR) is 77.9 cm³/mol. The van der Waals surface area contributed by atoms with Gasteiger partial charge in [-0.05, 0) is 45.4 Å². The van der Waals surface area contributed by atoms with Gasteiger partial charge in [-0.25, -0.2) is 0 Å². The summed E-state index contributed by atoms with van der Waals surface area (Å²) in [4.78, 5) is 14.4. The molecule has 0 saturated carbocycles. The van der Waals surface area contributed by atoms with Crippen LogP contribution in [0.5, 0.6) is 0 Å². The first-order valence-corrected chi connectivity index (χ1v) is 6.97. The average Bonchev–Trinajstić information content (AvgIpc) is 2.30. The van der Waals surface area contributed by atoms with Crippen LogP contribution in [0.15, 0.2) is 22.7 Å². The number of halogens is 1. The number of amides is 1. The Hall–Kier alpha value is -0.870. The molecule has 2 rings (SSSR count). The minimum Gasteiger partial charge on any atom is -0.307 e. The van der Waals surface area contributed by atoms with Crippen molar-refractivity contribution in [2.45, 2.75) is 39.3 Å². The van der Waals surface area contributed by atoms with E-state index in [0.717, 1.165) is 16.7 Å². The second-order valence-corrected chi connectivity index (χ2v) is 6.32. The molecule has 3 nitrogen and oxygen atoms in total. The topological polar surface area (TPSA) is 32.3 Å². The first kappa shape index (κ1) is 13.6. The van der Waals surface area contributed by atoms with Crippen LogP contribution in [-0.2, 0) is 4.79 Å². The zero-order chi connectivity index (χ0) is 13.5. The van der Waals surface area contributed by atoms with Crippen molar-refractivity contribution in [2.24, 2.45) is 0 Å². The Labute approximate surface area is 117 Å². The highest BCUT2D eigenvalue weighted by Gasteiger charge is 2.39. The molecule has 1 aliphatic rings. The third kappa shape index (κ3) is 2.31. The van der Waals surface area contributed by atoms with E-state index >= 15 is 0 Å². The van der Waals surface area contributed by atoms with E-state index in [1.165, 1.54) is 5.56 Å². The summed E-state index contributed by atoms with van der Waals surface area (Å²) in [7, 11) is 0. The second kappa shape index (κ2) is 4.67. The molecular formula is C14H19BrN2O. The van der Waals surface area contributed by atoms with Crippen LogP contribution in [0.4, 0.5) is 5.69 Å². The number of nitrogens with zero attached hydrogens (tertiary/aromatic N) is 1. The number of piperazine rings is 1. The van der Waals surface area contributed by atoms with Gasteiger partial charge >= 0.3 is 0 Å². The molecule has 0 aromatic heterocycles. The van der Waals surface area contributed by atoms with E-state index in [9.17, 15) is 4.79 Å². The molecule has 1 saturated heterocycles. The fraction of sp³-hybridized carbons (Fsp3) is 0.500. The first-order chi connectivity index (χ1) is 8.33. The molecule has 1 aliphatic heterocycles. The molecule has 4 heteroatoms. The number of hydrogen-bond donors (Lipinski definition) is 1. The van der Waals surface area contributed by atoms with E-state index in [1.54, 1.807) is 0 Å². The number of anilines is 1. The summed E-state index contributed by atoms with van der Waals surface area (Å²) in [5.41, 5.74) is 1.64. The van der Waals surface area contributed by atoms with Crippen molar-refractivity contribution in [1.82, 2.24) is 5.32 Å². The quantitative estimate of drug-likeness (QED) is 0.865. The van der Waals surface area contributed by atoms with Gasteiger partial charge in [0, 0.05) is 22.7 Å². The summed E-state index contributed by atoms with van der Waals surface area (Å²) in [6.45, 7) is 8.77. The number of nitrogens with one attached hydrogen (secondary N) is 1. The van der Waals surface area contributed by atoms with Gasteiger partial charge in [0.15, 0.2) is 0 Å². The van der Waals surface area contributed by atoms with E-state index in [4.69, 9.17) is 0 Å². The molecule has 1 heterocycles. The van der Waals surface area contributed by atoms with Crippen molar-refractivity contribution in [1.29, 1.82) is 0 Å². The summed E-state index contributed by atoms with van der Waals surface area (Å²) >= 11 is 3.53. The number of hydrogen-bond acceptors (Lipinski definition) is 2. The van der Waals surface area contributed by atoms with Crippen molar-refractivity contribution in [3.63, 3.8) is 0 Å². The predicted octanol–water partition coefficient (Wildman–Crippen LogP) is 2.86. The molecule has 0 aliphatic carbocycles. The SMILES string of the molecule is Cc1ccc(N2C(=O)C(C)(C)NCC2C)cc1Br. The zero-order valence-corrected chi connectivity index (χ0v) is 12.8. The maximum absolute atomic E-state index is 12.5. The Morgan fingerprint density at radius 3 is 2.72 bits per heavy atom. The lowest BCUT2D eigenvalue weighted by Gasteiger charge is -2.42. The Kier molecular flexibility index (Phi) is 3.52. The van der Waals surface area contributed by atoms with Crippen LogP contribution in [0.25, 0.3) is 0 Å². The zero-order valence-electron chi connectivity index (χ0n) is 11.2. The van der Waals surface area contributed by atoms with Crippen molar-refractivity contribution < 1.29 is 4.79 Å². The van der Waals surface area contributed by atoms with E-state index in [-0.39, 0.29) is 11.9 Å². The smallest absolute Gasteiger partial charge is 0.247 e. The van der Waals surface area contributed by atoms with Crippen LogP contribution < -0.4 is 10.2 Å². The summed E-state index contributed by atoms with van der Waals surface area (Å²) in [6.07, 6.45) is 0. The highest BCUT2D eigenvalue weighted by Crippen LogP contribution is 2.28. The monoisotopic (exact) mass is 310 g/mol. The Morgan fingerprint density at radius 1 is 1.44 bits per heavy atom. The minimum atomic E-state index is -0.496. The summed E-state index contributed by atoms with van der Waals surface area (Å²) < 4.78 is 1.04. The molecule has 0 radical (unpaired) electrons. The van der Waals surface area contributed by atoms with E-state index in [2.05, 4.69) is 28.2 Å². The third-order valence-electron chi connectivity index (χ3n) is 3.47. The number of carbonyl (C=O) groups excluding carboxylic acids is 1. The summed E-state index contributed by atoms with van der Waals surface area (Å²) in [5.74, 6) is 0.122. The molecule has 1 aromatic rings. The molecular weight excluding hydrogens is 292 g/mol. The van der Waals surface area contributed by atoms with Gasteiger partial charge in [-0.15, -0.1) is 0 Å². The maximum atomic E-state index is 12.5. The number of carbonyl (C=O) groups is 1. The van der Waals surface area contributed by atoms with Crippen LogP contribution >= 0.6 is 15.9 Å². The van der Waals surface area contributed by atoms with Gasteiger partial charge in [-0.2, -0.15) is 0 Å². The normalized spacial score (nSPS) is 23.3. The Morgan fingerprint density at radius 2 is 2.11 bits per heavy atom. The van der Waals surface area contributed by atoms with Crippen LogP contribution in [0, 0.1) is 6.92 Å². The second-order valence-electron chi connectivity index (χ2n) is 5.46. The van der Waals surface area contributed by atoms with Crippen LogP contribution in [0.3, 0.4) is 0 Å². The molecule has 1 amide bonds. The lowest BCUT2D eigenvalue weighted by Crippen LogP contribution is -2.65. The first-order valence-electron chi connectivity index (χ1n) is 6.18. The molecule has 18 heavy (non-hydrogen) atoms. The van der Waals surface area contributed by atoms with Gasteiger partial charge < -0.3 is 10.2 Å². The van der Waals surface area contributed by atoms with Gasteiger partial charge in [0.25, 0.3) is 0 Å². The minimum absolute atomic E-state index is 0.122. The van der Waals surface area contributed by atoms with Crippen molar-refractivity contribution in [2.75, 3.05) is 11.4 Å². The molecule has 1 aromatic carbocycles. The van der Waals surface area contributed by atoms with Gasteiger partial charge in [-0.3, -0.25) is 4.79 Å². The molecule has 1 N–H and O–H groups in total. The highest BCUT2D eigenvalue weighted by atomic mass is 79.9. The fourth-order valence-electron chi connectivity index (χ4n) is 2.17. The average molecular weight is 311 g/mol. The largest absolute Gasteiger partial charge is 0.307 e. The van der Waals surface area contributed by atoms with Gasteiger partial charge in [0.1, 0.15) is 0 Å². The van der Waals surface area contributed by atoms with Gasteiger partial charge in [0.05, 0.1) is 5.54 Å². The fourth-order valence-corrected chi connectivity index (χ4v) is 2.54. The molecule has 1 fully saturated rings. The summed E-state index contributed by atoms with van der Waals surface area (Å²) in [6, 6.07) is 6.23. The van der Waals surface area contributed by atoms with Crippen LogP contribution in [0.2, 0.25) is 0 Å². The standard InChI is InChI=1S/C14H19BrN2O/c1-9-5-6-11(7-12(9)15)17-10(2)8-16-14(3,4)13(17)18/h5-7,10,16H,8H2,1-4H3. The molecule has 0 spiro atoms. The van der Waals surface area contributed by atoms with Gasteiger partial charge in [-0.1, -0.05) is 22.0 Å². The van der Waals surface area contributed by atoms with E-state index in [0.29, 0.717) is 0 Å². The maximum Gasteiger partial charge on any atom is 0.247 e. The Balaban J connectivity index is 2.40. The molecule has 98 valence electrons. The van der Waals surface area contributed by atoms with Gasteiger partial charge in [0.2, 0.25) is 5.91 Å². The van der Waals surface area contributed by atoms with Crippen molar-refractivity contribution >= 4 is 27.5 Å². The van der Waals surface area contributed by atoms with E-state index < -0.39 is 5.54 Å². The molecule has 1 unspecified atom stereocenters. The molecule has 0 bridgehead atoms. The number of rotatable bonds is 1. The lowest BCUT2D eigenvalue weighted by molar-refractivity contribution is -0.125. The lowest BCUT2D eigenvalue weighted by atomic mass is 9.97. The van der Waals surface area contributed by atoms with Crippen molar-refractivity contribution in [3.05, 3.63) is 28.2 Å². The van der Waals surface area contributed by atoms with Crippen molar-refractivity contribution in [3.8, 4) is 0 Å². The van der Waals surface area contributed by atoms with E-state index in [1.807, 2.05) is 43.9 Å². The third-order valence-corrected chi connectivity index (χ3v) is 4.32. The number of aryl methyl sites for hydroxylation is 1. The Bertz CT molecular complexity index is 485. The number of benzene rings is 1. The van der Waals surface area contributed by atoms with Crippen LogP contribution in [0.1, 0.15) is 26.3 Å². The molecule has 1 atom stereocenters.